The molecule has 0 bridgehead atoms. The van der Waals surface area contributed by atoms with Gasteiger partial charge in [0.2, 0.25) is 5.91 Å². The van der Waals surface area contributed by atoms with Gasteiger partial charge in [0.15, 0.2) is 11.0 Å². The second-order valence-electron chi connectivity index (χ2n) is 7.11. The molecule has 2 aromatic heterocycles. The van der Waals surface area contributed by atoms with Crippen molar-refractivity contribution in [1.82, 2.24) is 19.7 Å². The van der Waals surface area contributed by atoms with Crippen LogP contribution < -0.4 is 4.74 Å². The van der Waals surface area contributed by atoms with Crippen molar-refractivity contribution in [2.45, 2.75) is 25.2 Å². The van der Waals surface area contributed by atoms with Crippen LogP contribution >= 0.6 is 23.1 Å². The number of aromatic nitrogens is 3. The summed E-state index contributed by atoms with van der Waals surface area (Å²) in [6.07, 6.45) is 0. The minimum Gasteiger partial charge on any atom is -0.497 e. The van der Waals surface area contributed by atoms with Gasteiger partial charge in [0.1, 0.15) is 5.75 Å². The van der Waals surface area contributed by atoms with E-state index in [1.54, 1.807) is 23.3 Å². The molecule has 0 radical (unpaired) electrons. The standard InChI is InChI=1S/C23H24N4O2S2/c1-4-27-22(20-6-5-11-30-20)24-25-23(27)31-15-21(28)26(2)14-16-7-8-18-13-19(29-3)10-9-17(18)12-16/h5-13H,4,14-15H2,1-3H3. The third-order valence-electron chi connectivity index (χ3n) is 5.06. The van der Waals surface area contributed by atoms with Crippen LogP contribution in [0.5, 0.6) is 5.75 Å². The van der Waals surface area contributed by atoms with Crippen LogP contribution in [0.4, 0.5) is 0 Å². The van der Waals surface area contributed by atoms with E-state index >= 15 is 0 Å². The second-order valence-corrected chi connectivity index (χ2v) is 9.00. The van der Waals surface area contributed by atoms with Crippen molar-refractivity contribution in [2.24, 2.45) is 0 Å². The number of rotatable bonds is 8. The number of benzene rings is 2. The first-order valence-corrected chi connectivity index (χ1v) is 11.9. The minimum atomic E-state index is 0.0585. The van der Waals surface area contributed by atoms with Crippen LogP contribution in [0.25, 0.3) is 21.5 Å². The summed E-state index contributed by atoms with van der Waals surface area (Å²) >= 11 is 3.07. The molecule has 2 heterocycles. The lowest BCUT2D eigenvalue weighted by Gasteiger charge is -2.17. The van der Waals surface area contributed by atoms with E-state index in [9.17, 15) is 4.79 Å². The Balaban J connectivity index is 1.40. The van der Waals surface area contributed by atoms with Crippen LogP contribution in [0.2, 0.25) is 0 Å². The highest BCUT2D eigenvalue weighted by Gasteiger charge is 2.17. The predicted molar refractivity (Wildman–Crippen MR) is 127 cm³/mol. The Labute approximate surface area is 189 Å². The Bertz CT molecular complexity index is 1190. The third kappa shape index (κ3) is 4.75. The van der Waals surface area contributed by atoms with Gasteiger partial charge in [-0.25, -0.2) is 0 Å². The van der Waals surface area contributed by atoms with Crippen molar-refractivity contribution < 1.29 is 9.53 Å². The molecule has 0 spiro atoms. The molecule has 31 heavy (non-hydrogen) atoms. The predicted octanol–water partition coefficient (Wildman–Crippen LogP) is 4.94. The minimum absolute atomic E-state index is 0.0585. The Hall–Kier alpha value is -2.84. The fourth-order valence-electron chi connectivity index (χ4n) is 3.37. The molecule has 0 aliphatic rings. The Morgan fingerprint density at radius 3 is 2.71 bits per heavy atom. The number of hydrogen-bond donors (Lipinski definition) is 0. The van der Waals surface area contributed by atoms with Gasteiger partial charge in [-0.05, 0) is 52.9 Å². The number of nitrogens with zero attached hydrogens (tertiary/aromatic N) is 4. The van der Waals surface area contributed by atoms with Gasteiger partial charge < -0.3 is 14.2 Å². The molecular weight excluding hydrogens is 428 g/mol. The molecule has 0 aliphatic carbocycles. The molecule has 4 rings (SSSR count). The fourth-order valence-corrected chi connectivity index (χ4v) is 5.03. The smallest absolute Gasteiger partial charge is 0.233 e. The number of carbonyl (C=O) groups excluding carboxylic acids is 1. The van der Waals surface area contributed by atoms with Gasteiger partial charge in [0, 0.05) is 20.1 Å². The van der Waals surface area contributed by atoms with Crippen molar-refractivity contribution in [3.05, 3.63) is 59.5 Å². The first-order valence-electron chi connectivity index (χ1n) is 9.99. The number of hydrogen-bond acceptors (Lipinski definition) is 6. The number of carbonyl (C=O) groups is 1. The summed E-state index contributed by atoms with van der Waals surface area (Å²) in [5, 5.41) is 13.7. The average molecular weight is 453 g/mol. The van der Waals surface area contributed by atoms with Crippen molar-refractivity contribution in [3.63, 3.8) is 0 Å². The highest BCUT2D eigenvalue weighted by molar-refractivity contribution is 7.99. The normalized spacial score (nSPS) is 11.1. The van der Waals surface area contributed by atoms with Gasteiger partial charge in [0.25, 0.3) is 0 Å². The quantitative estimate of drug-likeness (QED) is 0.355. The Morgan fingerprint density at radius 2 is 1.97 bits per heavy atom. The average Bonchev–Trinajstić information content (AvgIpc) is 3.46. The van der Waals surface area contributed by atoms with E-state index in [0.29, 0.717) is 12.3 Å². The lowest BCUT2D eigenvalue weighted by Crippen LogP contribution is -2.27. The number of methoxy groups -OCH3 is 1. The molecule has 0 fully saturated rings. The van der Waals surface area contributed by atoms with Crippen LogP contribution in [0.3, 0.4) is 0 Å². The molecule has 0 saturated heterocycles. The summed E-state index contributed by atoms with van der Waals surface area (Å²) in [5.41, 5.74) is 1.09. The van der Waals surface area contributed by atoms with Crippen molar-refractivity contribution in [2.75, 3.05) is 19.9 Å². The summed E-state index contributed by atoms with van der Waals surface area (Å²) in [5.74, 6) is 2.08. The van der Waals surface area contributed by atoms with E-state index in [-0.39, 0.29) is 5.91 Å². The lowest BCUT2D eigenvalue weighted by molar-refractivity contribution is -0.127. The summed E-state index contributed by atoms with van der Waals surface area (Å²) in [6.45, 7) is 3.38. The maximum Gasteiger partial charge on any atom is 0.233 e. The molecule has 0 saturated carbocycles. The number of thioether (sulfide) groups is 1. The van der Waals surface area contributed by atoms with Crippen LogP contribution in [-0.2, 0) is 17.9 Å². The van der Waals surface area contributed by atoms with Gasteiger partial charge in [0.05, 0.1) is 17.7 Å². The molecule has 8 heteroatoms. The summed E-state index contributed by atoms with van der Waals surface area (Å²) in [6, 6.07) is 16.3. The zero-order valence-corrected chi connectivity index (χ0v) is 19.4. The maximum atomic E-state index is 12.7. The van der Waals surface area contributed by atoms with Gasteiger partial charge in [-0.3, -0.25) is 4.79 Å². The number of amides is 1. The lowest BCUT2D eigenvalue weighted by atomic mass is 10.1. The van der Waals surface area contributed by atoms with Crippen LogP contribution in [-0.4, -0.2) is 45.5 Å². The van der Waals surface area contributed by atoms with E-state index in [1.807, 2.05) is 42.8 Å². The van der Waals surface area contributed by atoms with E-state index < -0.39 is 0 Å². The zero-order chi connectivity index (χ0) is 21.8. The fraction of sp³-hybridized carbons (Fsp3) is 0.261. The van der Waals surface area contributed by atoms with Crippen LogP contribution in [0.15, 0.2) is 59.1 Å². The van der Waals surface area contributed by atoms with Gasteiger partial charge >= 0.3 is 0 Å². The molecule has 6 nitrogen and oxygen atoms in total. The van der Waals surface area contributed by atoms with Crippen LogP contribution in [0, 0.1) is 0 Å². The van der Waals surface area contributed by atoms with Crippen LogP contribution in [0.1, 0.15) is 12.5 Å². The largest absolute Gasteiger partial charge is 0.497 e. The molecule has 0 unspecified atom stereocenters. The second kappa shape index (κ2) is 9.53. The molecule has 1 amide bonds. The number of ether oxygens (including phenoxy) is 1. The first kappa shape index (κ1) is 21.4. The van der Waals surface area contributed by atoms with E-state index in [0.717, 1.165) is 44.5 Å². The number of fused-ring (bicyclic) bond motifs is 1. The topological polar surface area (TPSA) is 60.2 Å². The monoisotopic (exact) mass is 452 g/mol. The van der Waals surface area contributed by atoms with Crippen molar-refractivity contribution >= 4 is 39.8 Å². The van der Waals surface area contributed by atoms with Gasteiger partial charge in [-0.15, -0.1) is 21.5 Å². The Kier molecular flexibility index (Phi) is 6.58. The van der Waals surface area contributed by atoms with E-state index in [4.69, 9.17) is 4.74 Å². The van der Waals surface area contributed by atoms with Crippen molar-refractivity contribution in [3.8, 4) is 16.5 Å². The van der Waals surface area contributed by atoms with E-state index in [2.05, 4.69) is 39.9 Å². The molecule has 0 atom stereocenters. The summed E-state index contributed by atoms with van der Waals surface area (Å²) in [4.78, 5) is 15.6. The van der Waals surface area contributed by atoms with Gasteiger partial charge in [-0.1, -0.05) is 36.0 Å². The molecule has 4 aromatic rings. The Morgan fingerprint density at radius 1 is 1.16 bits per heavy atom. The molecule has 0 N–H and O–H groups in total. The van der Waals surface area contributed by atoms with Gasteiger partial charge in [-0.2, -0.15) is 0 Å². The van der Waals surface area contributed by atoms with Crippen molar-refractivity contribution in [1.29, 1.82) is 0 Å². The van der Waals surface area contributed by atoms with E-state index in [1.165, 1.54) is 11.8 Å². The summed E-state index contributed by atoms with van der Waals surface area (Å²) in [7, 11) is 3.50. The third-order valence-corrected chi connectivity index (χ3v) is 6.87. The first-order chi connectivity index (χ1) is 15.1. The number of thiophene rings is 1. The SMILES string of the molecule is CCn1c(SCC(=O)N(C)Cc2ccc3cc(OC)ccc3c2)nnc1-c1cccs1. The molecule has 160 valence electrons. The highest BCUT2D eigenvalue weighted by atomic mass is 32.2. The molecule has 2 aromatic carbocycles. The maximum absolute atomic E-state index is 12.7. The zero-order valence-electron chi connectivity index (χ0n) is 17.7. The summed E-state index contributed by atoms with van der Waals surface area (Å²) < 4.78 is 7.34. The molecule has 0 aliphatic heterocycles. The highest BCUT2D eigenvalue weighted by Crippen LogP contribution is 2.27. The molecular formula is C23H24N4O2S2.